The van der Waals surface area contributed by atoms with E-state index in [1.54, 1.807) is 36.4 Å². The molecule has 2 aromatic carbocycles. The molecule has 2 aliphatic heterocycles. The number of ether oxygens (including phenoxy) is 1. The molecule has 2 heterocycles. The van der Waals surface area contributed by atoms with Crippen LogP contribution in [0.4, 0.5) is 13.2 Å². The van der Waals surface area contributed by atoms with Gasteiger partial charge in [0.2, 0.25) is 0 Å². The average Bonchev–Trinajstić information content (AvgIpc) is 2.87. The van der Waals surface area contributed by atoms with Gasteiger partial charge >= 0.3 is 6.36 Å². The zero-order valence-electron chi connectivity index (χ0n) is 20.0. The van der Waals surface area contributed by atoms with Gasteiger partial charge in [-0.15, -0.1) is 13.2 Å². The van der Waals surface area contributed by atoms with Crippen LogP contribution in [0, 0.1) is 0 Å². The first-order chi connectivity index (χ1) is 16.9. The Bertz CT molecular complexity index is 934. The van der Waals surface area contributed by atoms with Gasteiger partial charge in [0.1, 0.15) is 5.75 Å². The number of carbonyl (C=O) groups is 1. The third-order valence-electron chi connectivity index (χ3n) is 6.97. The predicted octanol–water partition coefficient (Wildman–Crippen LogP) is 5.32. The number of alkyl halides is 3. The Labute approximate surface area is 205 Å². The number of nitrogens with one attached hydrogen (secondary N) is 1. The highest BCUT2D eigenvalue weighted by atomic mass is 19.4. The van der Waals surface area contributed by atoms with Gasteiger partial charge in [-0.1, -0.05) is 30.7 Å². The normalized spacial score (nSPS) is 18.4. The number of hydrogen-bond donors (Lipinski definition) is 1. The Morgan fingerprint density at radius 2 is 1.49 bits per heavy atom. The number of rotatable bonds is 8. The summed E-state index contributed by atoms with van der Waals surface area (Å²) in [7, 11) is 0. The van der Waals surface area contributed by atoms with Crippen LogP contribution in [-0.4, -0.2) is 67.4 Å². The maximum Gasteiger partial charge on any atom is 0.573 e. The minimum Gasteiger partial charge on any atom is -0.406 e. The highest BCUT2D eigenvalue weighted by Gasteiger charge is 2.31. The zero-order valence-corrected chi connectivity index (χ0v) is 20.0. The molecule has 0 spiro atoms. The SMILES string of the molecule is O=C(NCCCN1CCC(N2CCCCC2)CC1)c1ccc(-c2ccc(OC(F)(F)F)cc2)cc1. The van der Waals surface area contributed by atoms with Crippen LogP contribution >= 0.6 is 0 Å². The van der Waals surface area contributed by atoms with E-state index in [1.807, 2.05) is 0 Å². The molecule has 0 bridgehead atoms. The molecule has 2 aromatic rings. The predicted molar refractivity (Wildman–Crippen MR) is 130 cm³/mol. The summed E-state index contributed by atoms with van der Waals surface area (Å²) < 4.78 is 40.8. The highest BCUT2D eigenvalue weighted by molar-refractivity contribution is 5.94. The summed E-state index contributed by atoms with van der Waals surface area (Å²) in [6.07, 6.45) is 2.77. The first kappa shape index (κ1) is 25.5. The number of likely N-dealkylation sites (tertiary alicyclic amines) is 2. The standard InChI is InChI=1S/C27H34F3N3O2/c28-27(29,30)35-25-11-9-22(10-12-25)21-5-7-23(8-6-21)26(34)31-15-4-16-32-19-13-24(14-20-32)33-17-2-1-3-18-33/h5-12,24H,1-4,13-20H2,(H,31,34). The third kappa shape index (κ3) is 7.70. The Kier molecular flexibility index (Phi) is 8.68. The molecular weight excluding hydrogens is 455 g/mol. The third-order valence-corrected chi connectivity index (χ3v) is 6.97. The van der Waals surface area contributed by atoms with Gasteiger partial charge in [0.05, 0.1) is 0 Å². The lowest BCUT2D eigenvalue weighted by molar-refractivity contribution is -0.274. The van der Waals surface area contributed by atoms with Crippen LogP contribution in [0.25, 0.3) is 11.1 Å². The molecule has 0 saturated carbocycles. The molecule has 1 amide bonds. The van der Waals surface area contributed by atoms with E-state index in [0.29, 0.717) is 12.1 Å². The molecule has 8 heteroatoms. The molecule has 5 nitrogen and oxygen atoms in total. The second kappa shape index (κ2) is 11.9. The van der Waals surface area contributed by atoms with Gasteiger partial charge in [-0.05, 0) is 100 Å². The fourth-order valence-corrected chi connectivity index (χ4v) is 5.06. The van der Waals surface area contributed by atoms with Crippen LogP contribution in [0.1, 0.15) is 48.9 Å². The van der Waals surface area contributed by atoms with Crippen LogP contribution in [0.5, 0.6) is 5.75 Å². The Hall–Kier alpha value is -2.58. The second-order valence-corrected chi connectivity index (χ2v) is 9.43. The lowest BCUT2D eigenvalue weighted by Crippen LogP contribution is -2.47. The summed E-state index contributed by atoms with van der Waals surface area (Å²) in [5.41, 5.74) is 2.12. The molecule has 0 radical (unpaired) electrons. The Morgan fingerprint density at radius 1 is 0.886 bits per heavy atom. The topological polar surface area (TPSA) is 44.8 Å². The van der Waals surface area contributed by atoms with E-state index in [2.05, 4.69) is 19.9 Å². The van der Waals surface area contributed by atoms with E-state index in [9.17, 15) is 18.0 Å². The van der Waals surface area contributed by atoms with Crippen molar-refractivity contribution in [3.63, 3.8) is 0 Å². The van der Waals surface area contributed by atoms with Gasteiger partial charge < -0.3 is 19.9 Å². The largest absolute Gasteiger partial charge is 0.573 e. The zero-order chi connectivity index (χ0) is 24.7. The number of nitrogens with zero attached hydrogens (tertiary/aromatic N) is 2. The van der Waals surface area contributed by atoms with Crippen LogP contribution in [-0.2, 0) is 0 Å². The van der Waals surface area contributed by atoms with Crippen LogP contribution in [0.2, 0.25) is 0 Å². The highest BCUT2D eigenvalue weighted by Crippen LogP contribution is 2.27. The molecule has 2 fully saturated rings. The van der Waals surface area contributed by atoms with Gasteiger partial charge in [0, 0.05) is 18.2 Å². The maximum absolute atomic E-state index is 12.5. The molecule has 0 unspecified atom stereocenters. The van der Waals surface area contributed by atoms with Crippen LogP contribution in [0.15, 0.2) is 48.5 Å². The maximum atomic E-state index is 12.5. The van der Waals surface area contributed by atoms with Crippen molar-refractivity contribution >= 4 is 5.91 Å². The molecule has 0 atom stereocenters. The van der Waals surface area contributed by atoms with Crippen LogP contribution in [0.3, 0.4) is 0 Å². The molecule has 4 rings (SSSR count). The first-order valence-corrected chi connectivity index (χ1v) is 12.6. The Morgan fingerprint density at radius 3 is 2.09 bits per heavy atom. The average molecular weight is 490 g/mol. The molecule has 35 heavy (non-hydrogen) atoms. The fraction of sp³-hybridized carbons (Fsp3) is 0.519. The summed E-state index contributed by atoms with van der Waals surface area (Å²) in [4.78, 5) is 17.7. The van der Waals surface area contributed by atoms with Crippen molar-refractivity contribution in [3.8, 4) is 16.9 Å². The van der Waals surface area contributed by atoms with E-state index in [-0.39, 0.29) is 11.7 Å². The smallest absolute Gasteiger partial charge is 0.406 e. The lowest BCUT2D eigenvalue weighted by atomic mass is 10.00. The molecule has 0 aromatic heterocycles. The van der Waals surface area contributed by atoms with E-state index in [4.69, 9.17) is 0 Å². The summed E-state index contributed by atoms with van der Waals surface area (Å²) >= 11 is 0. The van der Waals surface area contributed by atoms with Gasteiger partial charge in [0.25, 0.3) is 5.91 Å². The molecule has 1 N–H and O–H groups in total. The monoisotopic (exact) mass is 489 g/mol. The molecule has 2 saturated heterocycles. The van der Waals surface area contributed by atoms with Gasteiger partial charge in [-0.25, -0.2) is 0 Å². The van der Waals surface area contributed by atoms with Crippen molar-refractivity contribution in [1.29, 1.82) is 0 Å². The van der Waals surface area contributed by atoms with E-state index < -0.39 is 6.36 Å². The summed E-state index contributed by atoms with van der Waals surface area (Å²) in [5.74, 6) is -0.377. The molecular formula is C27H34F3N3O2. The summed E-state index contributed by atoms with van der Waals surface area (Å²) in [6.45, 7) is 6.44. The Balaban J connectivity index is 1.16. The number of amides is 1. The van der Waals surface area contributed by atoms with Crippen molar-refractivity contribution in [2.75, 3.05) is 39.3 Å². The second-order valence-electron chi connectivity index (χ2n) is 9.43. The number of hydrogen-bond acceptors (Lipinski definition) is 4. The van der Waals surface area contributed by atoms with Crippen molar-refractivity contribution in [2.24, 2.45) is 0 Å². The number of carbonyl (C=O) groups excluding carboxylic acids is 1. The van der Waals surface area contributed by atoms with Crippen LogP contribution < -0.4 is 10.1 Å². The fourth-order valence-electron chi connectivity index (χ4n) is 5.06. The number of benzene rings is 2. The van der Waals surface area contributed by atoms with Gasteiger partial charge in [0.15, 0.2) is 0 Å². The number of halogens is 3. The molecule has 2 aliphatic rings. The van der Waals surface area contributed by atoms with Gasteiger partial charge in [-0.3, -0.25) is 4.79 Å². The van der Waals surface area contributed by atoms with E-state index >= 15 is 0 Å². The minimum absolute atomic E-state index is 0.116. The summed E-state index contributed by atoms with van der Waals surface area (Å²) in [6, 6.07) is 13.5. The first-order valence-electron chi connectivity index (χ1n) is 12.6. The van der Waals surface area contributed by atoms with E-state index in [0.717, 1.165) is 43.2 Å². The lowest BCUT2D eigenvalue weighted by Gasteiger charge is -2.40. The van der Waals surface area contributed by atoms with Crippen molar-refractivity contribution < 1.29 is 22.7 Å². The summed E-state index contributed by atoms with van der Waals surface area (Å²) in [5, 5.41) is 2.99. The van der Waals surface area contributed by atoms with Crippen molar-refractivity contribution in [3.05, 3.63) is 54.1 Å². The van der Waals surface area contributed by atoms with Crippen molar-refractivity contribution in [1.82, 2.24) is 15.1 Å². The number of piperidine rings is 2. The molecule has 0 aliphatic carbocycles. The van der Waals surface area contributed by atoms with Gasteiger partial charge in [-0.2, -0.15) is 0 Å². The minimum atomic E-state index is -4.71. The quantitative estimate of drug-likeness (QED) is 0.510. The van der Waals surface area contributed by atoms with Crippen molar-refractivity contribution in [2.45, 2.75) is 50.9 Å². The molecule has 190 valence electrons. The van der Waals surface area contributed by atoms with E-state index in [1.165, 1.54) is 57.3 Å².